The number of amides is 2. The Labute approximate surface area is 127 Å². The molecule has 0 aliphatic carbocycles. The van der Waals surface area contributed by atoms with Gasteiger partial charge in [-0.2, -0.15) is 0 Å². The summed E-state index contributed by atoms with van der Waals surface area (Å²) in [5.41, 5.74) is 0. The minimum atomic E-state index is -0.315. The first kappa shape index (κ1) is 16.2. The number of nitrogens with zero attached hydrogens (tertiary/aromatic N) is 3. The van der Waals surface area contributed by atoms with Crippen LogP contribution in [0, 0.1) is 5.92 Å². The minimum Gasteiger partial charge on any atom is -0.334 e. The van der Waals surface area contributed by atoms with Gasteiger partial charge in [0.05, 0.1) is 0 Å². The standard InChI is InChI=1S/C15H28N4O2/c1-17(2)12-13-4-9-19(10-5-13)15(21)14(20)18-8-3-6-16-7-11-18/h13,16H,3-12H2,1-2H3. The van der Waals surface area contributed by atoms with Crippen molar-refractivity contribution in [2.75, 3.05) is 59.9 Å². The first-order valence-corrected chi connectivity index (χ1v) is 8.01. The van der Waals surface area contributed by atoms with Gasteiger partial charge < -0.3 is 20.0 Å². The molecule has 0 unspecified atom stereocenters. The highest BCUT2D eigenvalue weighted by Crippen LogP contribution is 2.18. The van der Waals surface area contributed by atoms with Crippen molar-refractivity contribution >= 4 is 11.8 Å². The Hall–Kier alpha value is -1.14. The first-order valence-electron chi connectivity index (χ1n) is 8.01. The molecule has 2 aliphatic rings. The van der Waals surface area contributed by atoms with Gasteiger partial charge in [0.25, 0.3) is 0 Å². The third-order valence-corrected chi connectivity index (χ3v) is 4.34. The van der Waals surface area contributed by atoms with Crippen LogP contribution in [0.2, 0.25) is 0 Å². The van der Waals surface area contributed by atoms with Gasteiger partial charge in [0.2, 0.25) is 0 Å². The molecule has 120 valence electrons. The molecule has 1 N–H and O–H groups in total. The lowest BCUT2D eigenvalue weighted by Crippen LogP contribution is -2.49. The van der Waals surface area contributed by atoms with Gasteiger partial charge in [0.1, 0.15) is 0 Å². The monoisotopic (exact) mass is 296 g/mol. The summed E-state index contributed by atoms with van der Waals surface area (Å²) in [6.07, 6.45) is 2.92. The van der Waals surface area contributed by atoms with Crippen LogP contribution < -0.4 is 5.32 Å². The Bertz CT molecular complexity index is 357. The molecule has 6 nitrogen and oxygen atoms in total. The molecule has 0 spiro atoms. The quantitative estimate of drug-likeness (QED) is 0.705. The fourth-order valence-electron chi connectivity index (χ4n) is 3.15. The summed E-state index contributed by atoms with van der Waals surface area (Å²) in [6, 6.07) is 0. The van der Waals surface area contributed by atoms with Gasteiger partial charge in [0.15, 0.2) is 0 Å². The van der Waals surface area contributed by atoms with E-state index < -0.39 is 0 Å². The van der Waals surface area contributed by atoms with E-state index in [1.54, 1.807) is 9.80 Å². The van der Waals surface area contributed by atoms with Gasteiger partial charge in [-0.25, -0.2) is 0 Å². The molecule has 2 heterocycles. The molecule has 0 atom stereocenters. The number of hydrogen-bond acceptors (Lipinski definition) is 4. The van der Waals surface area contributed by atoms with Crippen LogP contribution in [0.5, 0.6) is 0 Å². The van der Waals surface area contributed by atoms with Crippen molar-refractivity contribution in [3.05, 3.63) is 0 Å². The first-order chi connectivity index (χ1) is 10.1. The molecule has 2 amide bonds. The Morgan fingerprint density at radius 3 is 2.24 bits per heavy atom. The lowest BCUT2D eigenvalue weighted by molar-refractivity contribution is -0.152. The second kappa shape index (κ2) is 7.75. The second-order valence-corrected chi connectivity index (χ2v) is 6.39. The van der Waals surface area contributed by atoms with Crippen molar-refractivity contribution < 1.29 is 9.59 Å². The minimum absolute atomic E-state index is 0.305. The maximum Gasteiger partial charge on any atom is 0.312 e. The van der Waals surface area contributed by atoms with Gasteiger partial charge in [-0.1, -0.05) is 0 Å². The number of nitrogens with one attached hydrogen (secondary N) is 1. The molecule has 2 saturated heterocycles. The molecule has 2 fully saturated rings. The van der Waals surface area contributed by atoms with E-state index in [0.717, 1.165) is 52.0 Å². The van der Waals surface area contributed by atoms with E-state index in [2.05, 4.69) is 24.3 Å². The molecule has 0 aromatic carbocycles. The summed E-state index contributed by atoms with van der Waals surface area (Å²) in [4.78, 5) is 30.3. The van der Waals surface area contributed by atoms with Gasteiger partial charge >= 0.3 is 11.8 Å². The van der Waals surface area contributed by atoms with E-state index in [9.17, 15) is 9.59 Å². The highest BCUT2D eigenvalue weighted by atomic mass is 16.2. The number of carbonyl (C=O) groups is 2. The smallest absolute Gasteiger partial charge is 0.312 e. The second-order valence-electron chi connectivity index (χ2n) is 6.39. The topological polar surface area (TPSA) is 55.9 Å². The van der Waals surface area contributed by atoms with Crippen LogP contribution >= 0.6 is 0 Å². The summed E-state index contributed by atoms with van der Waals surface area (Å²) in [7, 11) is 4.16. The third-order valence-electron chi connectivity index (χ3n) is 4.34. The fourth-order valence-corrected chi connectivity index (χ4v) is 3.15. The van der Waals surface area contributed by atoms with Crippen molar-refractivity contribution in [3.63, 3.8) is 0 Å². The summed E-state index contributed by atoms with van der Waals surface area (Å²) >= 11 is 0. The van der Waals surface area contributed by atoms with Gasteiger partial charge in [-0.05, 0) is 45.8 Å². The highest BCUT2D eigenvalue weighted by molar-refractivity contribution is 6.34. The van der Waals surface area contributed by atoms with Crippen LogP contribution in [-0.4, -0.2) is 86.4 Å². The Balaban J connectivity index is 1.82. The normalized spacial score (nSPS) is 21.5. The molecule has 0 radical (unpaired) electrons. The lowest BCUT2D eigenvalue weighted by atomic mass is 9.96. The van der Waals surface area contributed by atoms with E-state index in [-0.39, 0.29) is 11.8 Å². The zero-order valence-corrected chi connectivity index (χ0v) is 13.3. The summed E-state index contributed by atoms with van der Waals surface area (Å²) in [5, 5.41) is 3.25. The van der Waals surface area contributed by atoms with Crippen LogP contribution in [0.15, 0.2) is 0 Å². The van der Waals surface area contributed by atoms with Crippen LogP contribution in [0.25, 0.3) is 0 Å². The number of piperidine rings is 1. The van der Waals surface area contributed by atoms with E-state index in [0.29, 0.717) is 19.0 Å². The number of carbonyl (C=O) groups excluding carboxylic acids is 2. The molecule has 2 rings (SSSR count). The Kier molecular flexibility index (Phi) is 5.99. The average Bonchev–Trinajstić information content (AvgIpc) is 2.75. The third kappa shape index (κ3) is 4.68. The summed E-state index contributed by atoms with van der Waals surface area (Å²) < 4.78 is 0. The maximum atomic E-state index is 12.3. The number of hydrogen-bond donors (Lipinski definition) is 1. The van der Waals surface area contributed by atoms with Crippen LogP contribution in [0.4, 0.5) is 0 Å². The lowest BCUT2D eigenvalue weighted by Gasteiger charge is -2.33. The Morgan fingerprint density at radius 2 is 1.62 bits per heavy atom. The van der Waals surface area contributed by atoms with Gasteiger partial charge in [-0.3, -0.25) is 9.59 Å². The van der Waals surface area contributed by atoms with Crippen molar-refractivity contribution in [1.29, 1.82) is 0 Å². The maximum absolute atomic E-state index is 12.3. The highest BCUT2D eigenvalue weighted by Gasteiger charge is 2.30. The molecule has 0 saturated carbocycles. The fraction of sp³-hybridized carbons (Fsp3) is 0.867. The molecule has 0 bridgehead atoms. The van der Waals surface area contributed by atoms with Crippen molar-refractivity contribution in [2.45, 2.75) is 19.3 Å². The zero-order valence-electron chi connectivity index (χ0n) is 13.3. The predicted molar refractivity (Wildman–Crippen MR) is 81.9 cm³/mol. The van der Waals surface area contributed by atoms with E-state index in [1.165, 1.54) is 0 Å². The summed E-state index contributed by atoms with van der Waals surface area (Å²) in [5.74, 6) is 0.0199. The molecule has 21 heavy (non-hydrogen) atoms. The van der Waals surface area contributed by atoms with Crippen molar-refractivity contribution in [2.24, 2.45) is 5.92 Å². The van der Waals surface area contributed by atoms with Crippen molar-refractivity contribution in [1.82, 2.24) is 20.0 Å². The summed E-state index contributed by atoms with van der Waals surface area (Å²) in [6.45, 7) is 5.53. The van der Waals surface area contributed by atoms with Gasteiger partial charge in [0, 0.05) is 39.3 Å². The molecule has 0 aromatic heterocycles. The number of rotatable bonds is 2. The van der Waals surface area contributed by atoms with E-state index in [4.69, 9.17) is 0 Å². The van der Waals surface area contributed by atoms with E-state index >= 15 is 0 Å². The zero-order chi connectivity index (χ0) is 15.2. The molecule has 0 aromatic rings. The predicted octanol–water partition coefficient (Wildman–Crippen LogP) is -0.391. The molecular weight excluding hydrogens is 268 g/mol. The Morgan fingerprint density at radius 1 is 1.00 bits per heavy atom. The molecular formula is C15H28N4O2. The SMILES string of the molecule is CN(C)CC1CCN(C(=O)C(=O)N2CCCNCC2)CC1. The molecule has 6 heteroatoms. The van der Waals surface area contributed by atoms with Gasteiger partial charge in [-0.15, -0.1) is 0 Å². The average molecular weight is 296 g/mol. The largest absolute Gasteiger partial charge is 0.334 e. The van der Waals surface area contributed by atoms with Crippen LogP contribution in [0.1, 0.15) is 19.3 Å². The molecule has 2 aliphatic heterocycles. The van der Waals surface area contributed by atoms with Crippen molar-refractivity contribution in [3.8, 4) is 0 Å². The van der Waals surface area contributed by atoms with E-state index in [1.807, 2.05) is 0 Å². The number of likely N-dealkylation sites (tertiary alicyclic amines) is 1. The van der Waals surface area contributed by atoms with Crippen LogP contribution in [0.3, 0.4) is 0 Å². The van der Waals surface area contributed by atoms with Crippen LogP contribution in [-0.2, 0) is 9.59 Å².